The topological polar surface area (TPSA) is 24.5 Å². The first-order valence-electron chi connectivity index (χ1n) is 7.52. The minimum atomic E-state index is 0.645. The number of hydrogen-bond donors (Lipinski definition) is 1. The molecule has 2 aliphatic rings. The zero-order valence-corrected chi connectivity index (χ0v) is 11.8. The van der Waals surface area contributed by atoms with Gasteiger partial charge in [0.1, 0.15) is 5.75 Å². The molecule has 0 aliphatic carbocycles. The van der Waals surface area contributed by atoms with Gasteiger partial charge in [-0.1, -0.05) is 0 Å². The predicted octanol–water partition coefficient (Wildman–Crippen LogP) is 2.76. The Hall–Kier alpha value is -1.22. The van der Waals surface area contributed by atoms with Gasteiger partial charge in [-0.05, 0) is 61.9 Å². The summed E-state index contributed by atoms with van der Waals surface area (Å²) in [4.78, 5) is 2.57. The molecule has 0 radical (unpaired) electrons. The Balaban J connectivity index is 1.92. The van der Waals surface area contributed by atoms with Gasteiger partial charge in [-0.25, -0.2) is 0 Å². The van der Waals surface area contributed by atoms with Crippen LogP contribution in [0.4, 0.5) is 5.69 Å². The zero-order valence-electron chi connectivity index (χ0n) is 11.8. The van der Waals surface area contributed by atoms with Gasteiger partial charge < -0.3 is 15.0 Å². The summed E-state index contributed by atoms with van der Waals surface area (Å²) in [5.41, 5.74) is 2.92. The van der Waals surface area contributed by atoms with Gasteiger partial charge in [0.25, 0.3) is 0 Å². The van der Waals surface area contributed by atoms with Crippen LogP contribution in [0, 0.1) is 0 Å². The van der Waals surface area contributed by atoms with Crippen LogP contribution in [0.1, 0.15) is 37.2 Å². The number of benzene rings is 1. The minimum absolute atomic E-state index is 0.645. The van der Waals surface area contributed by atoms with Gasteiger partial charge in [-0.3, -0.25) is 0 Å². The third-order valence-electron chi connectivity index (χ3n) is 4.43. The molecule has 3 rings (SSSR count). The summed E-state index contributed by atoms with van der Waals surface area (Å²) in [5.74, 6) is 1.63. The van der Waals surface area contributed by atoms with Crippen molar-refractivity contribution in [2.24, 2.45) is 0 Å². The second-order valence-electron chi connectivity index (χ2n) is 5.66. The molecule has 2 fully saturated rings. The lowest BCUT2D eigenvalue weighted by molar-refractivity contribution is 0.414. The van der Waals surface area contributed by atoms with E-state index < -0.39 is 0 Å². The van der Waals surface area contributed by atoms with E-state index in [4.69, 9.17) is 4.74 Å². The molecular weight excluding hydrogens is 236 g/mol. The molecule has 0 amide bonds. The highest BCUT2D eigenvalue weighted by atomic mass is 16.5. The maximum absolute atomic E-state index is 5.42. The van der Waals surface area contributed by atoms with Crippen molar-refractivity contribution in [3.05, 3.63) is 23.8 Å². The summed E-state index contributed by atoms with van der Waals surface area (Å²) in [6, 6.07) is 6.62. The number of nitrogens with one attached hydrogen (secondary N) is 1. The Morgan fingerprint density at radius 3 is 2.74 bits per heavy atom. The maximum atomic E-state index is 5.42. The van der Waals surface area contributed by atoms with Gasteiger partial charge in [-0.2, -0.15) is 0 Å². The fraction of sp³-hybridized carbons (Fsp3) is 0.625. The first kappa shape index (κ1) is 12.8. The second-order valence-corrected chi connectivity index (χ2v) is 5.66. The van der Waals surface area contributed by atoms with Gasteiger partial charge in [-0.15, -0.1) is 0 Å². The number of ether oxygens (including phenoxy) is 1. The van der Waals surface area contributed by atoms with E-state index in [2.05, 4.69) is 28.4 Å². The number of rotatable bonds is 3. The maximum Gasteiger partial charge on any atom is 0.119 e. The summed E-state index contributed by atoms with van der Waals surface area (Å²) in [5, 5.41) is 3.48. The first-order chi connectivity index (χ1) is 9.38. The second kappa shape index (κ2) is 5.83. The average Bonchev–Trinajstić information content (AvgIpc) is 3.01. The van der Waals surface area contributed by atoms with E-state index in [9.17, 15) is 0 Å². The molecule has 1 atom stereocenters. The lowest BCUT2D eigenvalue weighted by atomic mass is 9.95. The van der Waals surface area contributed by atoms with E-state index in [1.807, 2.05) is 0 Å². The number of piperidine rings is 1. The fourth-order valence-electron chi connectivity index (χ4n) is 3.33. The Labute approximate surface area is 115 Å². The van der Waals surface area contributed by atoms with Crippen LogP contribution in [-0.4, -0.2) is 33.3 Å². The predicted molar refractivity (Wildman–Crippen MR) is 79.3 cm³/mol. The van der Waals surface area contributed by atoms with Crippen LogP contribution in [0.5, 0.6) is 5.75 Å². The van der Waals surface area contributed by atoms with E-state index >= 15 is 0 Å². The van der Waals surface area contributed by atoms with Crippen LogP contribution in [0.25, 0.3) is 0 Å². The molecule has 3 heteroatoms. The van der Waals surface area contributed by atoms with Crippen molar-refractivity contribution in [1.82, 2.24) is 5.32 Å². The highest BCUT2D eigenvalue weighted by molar-refractivity contribution is 5.58. The van der Waals surface area contributed by atoms with Crippen molar-refractivity contribution in [3.63, 3.8) is 0 Å². The van der Waals surface area contributed by atoms with Crippen molar-refractivity contribution < 1.29 is 4.74 Å². The SMILES string of the molecule is COc1ccc(N2CCCCC2)c(C2CCNC2)c1. The normalized spacial score (nSPS) is 23.6. The van der Waals surface area contributed by atoms with Crippen LogP contribution in [-0.2, 0) is 0 Å². The quantitative estimate of drug-likeness (QED) is 0.904. The smallest absolute Gasteiger partial charge is 0.119 e. The Kier molecular flexibility index (Phi) is 3.92. The van der Waals surface area contributed by atoms with E-state index in [-0.39, 0.29) is 0 Å². The highest BCUT2D eigenvalue weighted by Crippen LogP contribution is 2.35. The van der Waals surface area contributed by atoms with Crippen LogP contribution in [0.2, 0.25) is 0 Å². The third-order valence-corrected chi connectivity index (χ3v) is 4.43. The highest BCUT2D eigenvalue weighted by Gasteiger charge is 2.23. The molecule has 1 aromatic rings. The molecule has 2 heterocycles. The Bertz CT molecular complexity index is 421. The summed E-state index contributed by atoms with van der Waals surface area (Å²) in [6.45, 7) is 4.66. The average molecular weight is 260 g/mol. The monoisotopic (exact) mass is 260 g/mol. The van der Waals surface area contributed by atoms with Crippen LogP contribution >= 0.6 is 0 Å². The number of hydrogen-bond acceptors (Lipinski definition) is 3. The molecule has 0 spiro atoms. The number of nitrogens with zero attached hydrogens (tertiary/aromatic N) is 1. The van der Waals surface area contributed by atoms with Crippen molar-refractivity contribution in [1.29, 1.82) is 0 Å². The largest absolute Gasteiger partial charge is 0.497 e. The van der Waals surface area contributed by atoms with E-state index in [1.165, 1.54) is 50.0 Å². The van der Waals surface area contributed by atoms with Crippen LogP contribution in [0.3, 0.4) is 0 Å². The summed E-state index contributed by atoms with van der Waals surface area (Å²) < 4.78 is 5.42. The lowest BCUT2D eigenvalue weighted by Gasteiger charge is -2.32. The molecular formula is C16H24N2O. The lowest BCUT2D eigenvalue weighted by Crippen LogP contribution is -2.30. The number of anilines is 1. The Morgan fingerprint density at radius 2 is 2.05 bits per heavy atom. The van der Waals surface area contributed by atoms with Gasteiger partial charge in [0.15, 0.2) is 0 Å². The van der Waals surface area contributed by atoms with E-state index in [0.29, 0.717) is 5.92 Å². The van der Waals surface area contributed by atoms with Crippen molar-refractivity contribution in [2.45, 2.75) is 31.6 Å². The molecule has 104 valence electrons. The van der Waals surface area contributed by atoms with Crippen molar-refractivity contribution >= 4 is 5.69 Å². The molecule has 1 aromatic carbocycles. The van der Waals surface area contributed by atoms with E-state index in [1.54, 1.807) is 7.11 Å². The zero-order chi connectivity index (χ0) is 13.1. The molecule has 2 saturated heterocycles. The summed E-state index contributed by atoms with van der Waals surface area (Å²) >= 11 is 0. The number of methoxy groups -OCH3 is 1. The van der Waals surface area contributed by atoms with Gasteiger partial charge in [0, 0.05) is 25.3 Å². The van der Waals surface area contributed by atoms with Gasteiger partial charge in [0.05, 0.1) is 7.11 Å². The molecule has 0 bridgehead atoms. The van der Waals surface area contributed by atoms with Crippen molar-refractivity contribution in [3.8, 4) is 5.75 Å². The van der Waals surface area contributed by atoms with E-state index in [0.717, 1.165) is 18.8 Å². The molecule has 19 heavy (non-hydrogen) atoms. The molecule has 1 N–H and O–H groups in total. The van der Waals surface area contributed by atoms with Crippen molar-refractivity contribution in [2.75, 3.05) is 38.2 Å². The standard InChI is InChI=1S/C16H24N2O/c1-19-14-5-6-16(18-9-3-2-4-10-18)15(11-14)13-7-8-17-12-13/h5-6,11,13,17H,2-4,7-10,12H2,1H3. The summed E-state index contributed by atoms with van der Waals surface area (Å²) in [6.07, 6.45) is 5.28. The minimum Gasteiger partial charge on any atom is -0.497 e. The first-order valence-corrected chi connectivity index (χ1v) is 7.52. The molecule has 0 aromatic heterocycles. The van der Waals surface area contributed by atoms with Crippen LogP contribution < -0.4 is 15.0 Å². The molecule has 3 nitrogen and oxygen atoms in total. The third kappa shape index (κ3) is 2.71. The molecule has 0 saturated carbocycles. The molecule has 1 unspecified atom stereocenters. The van der Waals surface area contributed by atoms with Crippen LogP contribution in [0.15, 0.2) is 18.2 Å². The fourth-order valence-corrected chi connectivity index (χ4v) is 3.33. The Morgan fingerprint density at radius 1 is 1.21 bits per heavy atom. The van der Waals surface area contributed by atoms with Gasteiger partial charge in [0.2, 0.25) is 0 Å². The van der Waals surface area contributed by atoms with Gasteiger partial charge >= 0.3 is 0 Å². The summed E-state index contributed by atoms with van der Waals surface area (Å²) in [7, 11) is 1.76. The molecule has 2 aliphatic heterocycles.